The third-order valence-corrected chi connectivity index (χ3v) is 4.62. The van der Waals surface area contributed by atoms with Crippen LogP contribution in [0.3, 0.4) is 0 Å². The molecule has 0 N–H and O–H groups in total. The van der Waals surface area contributed by atoms with Crippen molar-refractivity contribution in [1.29, 1.82) is 0 Å². The number of benzene rings is 2. The Kier molecular flexibility index (Phi) is 5.21. The fourth-order valence-electron chi connectivity index (χ4n) is 3.04. The van der Waals surface area contributed by atoms with Crippen molar-refractivity contribution >= 4 is 23.0 Å². The summed E-state index contributed by atoms with van der Waals surface area (Å²) in [7, 11) is 1.27. The van der Waals surface area contributed by atoms with Gasteiger partial charge in [0.2, 0.25) is 0 Å². The predicted molar refractivity (Wildman–Crippen MR) is 112 cm³/mol. The number of nitrogens with zero attached hydrogens (tertiary/aromatic N) is 4. The van der Waals surface area contributed by atoms with Gasteiger partial charge in [-0.05, 0) is 36.4 Å². The van der Waals surface area contributed by atoms with Crippen LogP contribution in [-0.2, 0) is 0 Å². The minimum absolute atomic E-state index is 0.0492. The Morgan fingerprint density at radius 3 is 2.38 bits per heavy atom. The van der Waals surface area contributed by atoms with Crippen molar-refractivity contribution in [1.82, 2.24) is 9.38 Å². The summed E-state index contributed by atoms with van der Waals surface area (Å²) in [5.41, 5.74) is 1.64. The van der Waals surface area contributed by atoms with Gasteiger partial charge in [-0.25, -0.2) is 9.78 Å². The number of ether oxygens (including phenoxy) is 2. The summed E-state index contributed by atoms with van der Waals surface area (Å²) in [5.74, 6) is -0.492. The molecule has 0 aliphatic carbocycles. The molecule has 4 rings (SSSR count). The summed E-state index contributed by atoms with van der Waals surface area (Å²) in [4.78, 5) is 37.6. The number of rotatable bonds is 6. The van der Waals surface area contributed by atoms with E-state index in [9.17, 15) is 25.0 Å². The first kappa shape index (κ1) is 20.5. The minimum Gasteiger partial charge on any atom is -0.490 e. The molecule has 0 aliphatic rings. The van der Waals surface area contributed by atoms with Crippen LogP contribution in [0.15, 0.2) is 67.0 Å². The third kappa shape index (κ3) is 3.94. The Labute approximate surface area is 179 Å². The molecule has 0 atom stereocenters. The highest BCUT2D eigenvalue weighted by Crippen LogP contribution is 2.28. The van der Waals surface area contributed by atoms with Crippen LogP contribution in [0.4, 0.5) is 11.4 Å². The number of carbonyl (C=O) groups excluding carboxylic acids is 1. The van der Waals surface area contributed by atoms with E-state index >= 15 is 0 Å². The topological polar surface area (TPSA) is 139 Å². The molecule has 0 spiro atoms. The zero-order chi connectivity index (χ0) is 22.8. The van der Waals surface area contributed by atoms with Crippen LogP contribution in [0.1, 0.15) is 10.4 Å². The van der Waals surface area contributed by atoms with Gasteiger partial charge in [-0.2, -0.15) is 0 Å². The third-order valence-electron chi connectivity index (χ3n) is 4.62. The second-order valence-corrected chi connectivity index (χ2v) is 6.59. The minimum atomic E-state index is -0.703. The second kappa shape index (κ2) is 8.14. The Hall–Kier alpha value is -4.80. The van der Waals surface area contributed by atoms with Gasteiger partial charge in [-0.15, -0.1) is 0 Å². The average molecular weight is 434 g/mol. The SMILES string of the molecule is COc1cc(C(=O)Oc2ccc(-c3cn4cc([N+](=O)[O-])ccc4n3)cc2)ccc1[N+](=O)[O-]. The van der Waals surface area contributed by atoms with Crippen molar-refractivity contribution < 1.29 is 24.1 Å². The molecule has 0 bridgehead atoms. The predicted octanol–water partition coefficient (Wildman–Crippen LogP) is 4.05. The molecule has 2 heterocycles. The van der Waals surface area contributed by atoms with Crippen molar-refractivity contribution in [2.45, 2.75) is 0 Å². The quantitative estimate of drug-likeness (QED) is 0.192. The van der Waals surface area contributed by atoms with Crippen LogP contribution in [0.25, 0.3) is 16.9 Å². The van der Waals surface area contributed by atoms with E-state index < -0.39 is 15.8 Å². The van der Waals surface area contributed by atoms with Gasteiger partial charge in [0.1, 0.15) is 11.4 Å². The first-order valence-electron chi connectivity index (χ1n) is 9.14. The van der Waals surface area contributed by atoms with E-state index in [1.165, 1.54) is 37.6 Å². The number of nitro groups is 2. The lowest BCUT2D eigenvalue weighted by molar-refractivity contribution is -0.385. The lowest BCUT2D eigenvalue weighted by atomic mass is 10.1. The fraction of sp³-hybridized carbons (Fsp3) is 0.0476. The Morgan fingerprint density at radius 2 is 1.72 bits per heavy atom. The van der Waals surface area contributed by atoms with Gasteiger partial charge in [-0.3, -0.25) is 24.6 Å². The largest absolute Gasteiger partial charge is 0.490 e. The van der Waals surface area contributed by atoms with Crippen molar-refractivity contribution in [3.05, 3.63) is 92.8 Å². The lowest BCUT2D eigenvalue weighted by Crippen LogP contribution is -2.09. The van der Waals surface area contributed by atoms with Crippen molar-refractivity contribution in [2.24, 2.45) is 0 Å². The molecule has 2 aromatic carbocycles. The second-order valence-electron chi connectivity index (χ2n) is 6.59. The van der Waals surface area contributed by atoms with Crippen LogP contribution < -0.4 is 9.47 Å². The number of esters is 1. The molecule has 0 amide bonds. The number of imidazole rings is 1. The molecule has 160 valence electrons. The molecular weight excluding hydrogens is 420 g/mol. The molecule has 0 radical (unpaired) electrons. The molecule has 4 aromatic rings. The number of methoxy groups -OCH3 is 1. The number of pyridine rings is 1. The monoisotopic (exact) mass is 434 g/mol. The summed E-state index contributed by atoms with van der Waals surface area (Å²) < 4.78 is 11.8. The van der Waals surface area contributed by atoms with Gasteiger partial charge in [0.15, 0.2) is 5.75 Å². The van der Waals surface area contributed by atoms with Crippen LogP contribution in [0.2, 0.25) is 0 Å². The maximum atomic E-state index is 12.4. The first-order valence-corrected chi connectivity index (χ1v) is 9.14. The molecule has 11 nitrogen and oxygen atoms in total. The Bertz CT molecular complexity index is 1360. The highest BCUT2D eigenvalue weighted by atomic mass is 16.6. The fourth-order valence-corrected chi connectivity index (χ4v) is 3.04. The number of hydrogen-bond donors (Lipinski definition) is 0. The number of aromatic nitrogens is 2. The van der Waals surface area contributed by atoms with Gasteiger partial charge < -0.3 is 9.47 Å². The highest BCUT2D eigenvalue weighted by molar-refractivity contribution is 5.92. The maximum absolute atomic E-state index is 12.4. The molecule has 2 aromatic heterocycles. The van der Waals surface area contributed by atoms with E-state index in [2.05, 4.69) is 4.98 Å². The van der Waals surface area contributed by atoms with E-state index in [0.717, 1.165) is 0 Å². The number of hydrogen-bond acceptors (Lipinski definition) is 8. The molecular formula is C21H14N4O7. The molecule has 0 saturated carbocycles. The normalized spacial score (nSPS) is 10.7. The van der Waals surface area contributed by atoms with E-state index in [-0.39, 0.29) is 28.4 Å². The molecule has 0 aliphatic heterocycles. The lowest BCUT2D eigenvalue weighted by Gasteiger charge is -2.07. The zero-order valence-electron chi connectivity index (χ0n) is 16.5. The molecule has 11 heteroatoms. The van der Waals surface area contributed by atoms with Crippen LogP contribution in [0, 0.1) is 20.2 Å². The standard InChI is InChI=1S/C21H14N4O7/c1-31-19-10-14(4-8-18(19)25(29)30)21(26)32-16-6-2-13(3-7-16)17-12-23-11-15(24(27)28)5-9-20(23)22-17/h2-12H,1H3. The van der Waals surface area contributed by atoms with E-state index in [1.54, 1.807) is 40.9 Å². The van der Waals surface area contributed by atoms with Crippen LogP contribution in [-0.4, -0.2) is 32.3 Å². The van der Waals surface area contributed by atoms with E-state index in [0.29, 0.717) is 16.9 Å². The Balaban J connectivity index is 1.53. The molecule has 32 heavy (non-hydrogen) atoms. The van der Waals surface area contributed by atoms with Crippen molar-refractivity contribution in [2.75, 3.05) is 7.11 Å². The summed E-state index contributed by atoms with van der Waals surface area (Å²) in [5, 5.41) is 21.9. The molecule has 0 saturated heterocycles. The zero-order valence-corrected chi connectivity index (χ0v) is 16.5. The molecule has 0 fully saturated rings. The summed E-state index contributed by atoms with van der Waals surface area (Å²) in [6.45, 7) is 0. The number of nitro benzene ring substituents is 1. The van der Waals surface area contributed by atoms with Crippen LogP contribution >= 0.6 is 0 Å². The number of carbonyl (C=O) groups is 1. The first-order chi connectivity index (χ1) is 15.4. The van der Waals surface area contributed by atoms with Crippen molar-refractivity contribution in [3.8, 4) is 22.8 Å². The van der Waals surface area contributed by atoms with Gasteiger partial charge in [-0.1, -0.05) is 0 Å². The molecule has 0 unspecified atom stereocenters. The van der Waals surface area contributed by atoms with Gasteiger partial charge in [0.05, 0.1) is 34.4 Å². The maximum Gasteiger partial charge on any atom is 0.343 e. The smallest absolute Gasteiger partial charge is 0.343 e. The van der Waals surface area contributed by atoms with Gasteiger partial charge in [0.25, 0.3) is 5.69 Å². The summed E-state index contributed by atoms with van der Waals surface area (Å²) in [6.07, 6.45) is 3.03. The van der Waals surface area contributed by atoms with E-state index in [4.69, 9.17) is 9.47 Å². The summed E-state index contributed by atoms with van der Waals surface area (Å²) >= 11 is 0. The van der Waals surface area contributed by atoms with Crippen molar-refractivity contribution in [3.63, 3.8) is 0 Å². The van der Waals surface area contributed by atoms with E-state index in [1.807, 2.05) is 0 Å². The number of fused-ring (bicyclic) bond motifs is 1. The van der Waals surface area contributed by atoms with Gasteiger partial charge >= 0.3 is 11.7 Å². The summed E-state index contributed by atoms with van der Waals surface area (Å²) in [6, 6.07) is 13.2. The van der Waals surface area contributed by atoms with Gasteiger partial charge in [0, 0.05) is 30.0 Å². The average Bonchev–Trinajstić information content (AvgIpc) is 3.22. The Morgan fingerprint density at radius 1 is 0.969 bits per heavy atom. The van der Waals surface area contributed by atoms with Crippen LogP contribution in [0.5, 0.6) is 11.5 Å². The highest BCUT2D eigenvalue weighted by Gasteiger charge is 2.18.